The molecule has 0 bridgehead atoms. The molecular formula is C2H4F3O5PS. The first-order valence-corrected chi connectivity index (χ1v) is 5.40. The van der Waals surface area contributed by atoms with E-state index >= 15 is 0 Å². The van der Waals surface area contributed by atoms with E-state index in [1.807, 2.05) is 0 Å². The van der Waals surface area contributed by atoms with Crippen molar-refractivity contribution in [3.05, 3.63) is 0 Å². The Morgan fingerprint density at radius 2 is 1.75 bits per heavy atom. The van der Waals surface area contributed by atoms with Gasteiger partial charge in [-0.1, -0.05) is 0 Å². The zero-order valence-electron chi connectivity index (χ0n) is 5.57. The summed E-state index contributed by atoms with van der Waals surface area (Å²) in [4.78, 5) is 0. The third-order valence-corrected chi connectivity index (χ3v) is 2.74. The molecule has 0 aromatic heterocycles. The SMILES string of the molecule is CP(=O)(O[SH](=O)=O)OC(F)(F)F. The number of alkyl halides is 3. The van der Waals surface area contributed by atoms with E-state index in [1.54, 1.807) is 0 Å². The fourth-order valence-electron chi connectivity index (χ4n) is 0.326. The van der Waals surface area contributed by atoms with Crippen molar-refractivity contribution in [3.63, 3.8) is 0 Å². The molecule has 0 amide bonds. The lowest BCUT2D eigenvalue weighted by Crippen LogP contribution is -2.11. The van der Waals surface area contributed by atoms with Gasteiger partial charge in [0.25, 0.3) is 11.0 Å². The van der Waals surface area contributed by atoms with Crippen molar-refractivity contribution in [1.82, 2.24) is 0 Å². The van der Waals surface area contributed by atoms with Crippen LogP contribution in [0.5, 0.6) is 0 Å². The quantitative estimate of drug-likeness (QED) is 0.573. The van der Waals surface area contributed by atoms with Gasteiger partial charge in [0.15, 0.2) is 0 Å². The van der Waals surface area contributed by atoms with Gasteiger partial charge in [0.05, 0.1) is 0 Å². The summed E-state index contributed by atoms with van der Waals surface area (Å²) in [6, 6.07) is 0. The summed E-state index contributed by atoms with van der Waals surface area (Å²) in [5.41, 5.74) is 0. The summed E-state index contributed by atoms with van der Waals surface area (Å²) in [5.74, 6) is 0. The molecule has 0 saturated carbocycles. The monoisotopic (exact) mass is 228 g/mol. The van der Waals surface area contributed by atoms with Gasteiger partial charge < -0.3 is 0 Å². The van der Waals surface area contributed by atoms with Crippen LogP contribution >= 0.6 is 7.60 Å². The van der Waals surface area contributed by atoms with Crippen molar-refractivity contribution in [3.8, 4) is 0 Å². The van der Waals surface area contributed by atoms with E-state index in [-0.39, 0.29) is 0 Å². The highest BCUT2D eigenvalue weighted by Gasteiger charge is 2.39. The molecule has 0 aliphatic carbocycles. The normalized spacial score (nSPS) is 17.8. The minimum absolute atomic E-state index is 0.394. The van der Waals surface area contributed by atoms with E-state index in [9.17, 15) is 26.2 Å². The van der Waals surface area contributed by atoms with Crippen molar-refractivity contribution in [2.45, 2.75) is 6.36 Å². The summed E-state index contributed by atoms with van der Waals surface area (Å²) in [6.45, 7) is 0.394. The Bertz CT molecular complexity index is 260. The second-order valence-corrected chi connectivity index (χ2v) is 4.44. The van der Waals surface area contributed by atoms with Crippen LogP contribution in [-0.2, 0) is 24.0 Å². The zero-order chi connectivity index (χ0) is 9.99. The lowest BCUT2D eigenvalue weighted by Gasteiger charge is -2.11. The highest BCUT2D eigenvalue weighted by atomic mass is 32.2. The number of halogens is 3. The summed E-state index contributed by atoms with van der Waals surface area (Å²) in [7, 11) is -8.22. The molecule has 0 aliphatic rings. The van der Waals surface area contributed by atoms with Crippen LogP contribution in [0.1, 0.15) is 0 Å². The zero-order valence-corrected chi connectivity index (χ0v) is 7.36. The van der Waals surface area contributed by atoms with Crippen LogP contribution in [0.3, 0.4) is 0 Å². The molecule has 0 aromatic carbocycles. The highest BCUT2D eigenvalue weighted by molar-refractivity contribution is 7.75. The lowest BCUT2D eigenvalue weighted by atomic mass is 11.4. The van der Waals surface area contributed by atoms with E-state index < -0.39 is 24.9 Å². The van der Waals surface area contributed by atoms with Crippen molar-refractivity contribution < 1.29 is 34.6 Å². The molecule has 12 heavy (non-hydrogen) atoms. The smallest absolute Gasteiger partial charge is 0.259 e. The molecule has 0 aromatic rings. The summed E-state index contributed by atoms with van der Waals surface area (Å²) >= 11 is 0. The third-order valence-electron chi connectivity index (χ3n) is 0.484. The Kier molecular flexibility index (Phi) is 3.70. The summed E-state index contributed by atoms with van der Waals surface area (Å²) in [5, 5.41) is 0. The van der Waals surface area contributed by atoms with Gasteiger partial charge in [-0.15, -0.1) is 13.2 Å². The maximum Gasteiger partial charge on any atom is 0.529 e. The number of hydrogen-bond donors (Lipinski definition) is 1. The van der Waals surface area contributed by atoms with Crippen molar-refractivity contribution in [2.24, 2.45) is 0 Å². The second kappa shape index (κ2) is 3.73. The van der Waals surface area contributed by atoms with Gasteiger partial charge in [0.2, 0.25) is 0 Å². The van der Waals surface area contributed by atoms with Crippen molar-refractivity contribution >= 4 is 18.6 Å². The van der Waals surface area contributed by atoms with Crippen LogP contribution in [-0.4, -0.2) is 21.4 Å². The van der Waals surface area contributed by atoms with E-state index in [1.165, 1.54) is 0 Å². The topological polar surface area (TPSA) is 69.7 Å². The van der Waals surface area contributed by atoms with E-state index in [4.69, 9.17) is 0 Å². The molecule has 10 heteroatoms. The molecule has 74 valence electrons. The molecule has 0 radical (unpaired) electrons. The van der Waals surface area contributed by atoms with Gasteiger partial charge in [-0.05, 0) is 0 Å². The van der Waals surface area contributed by atoms with Crippen LogP contribution in [0, 0.1) is 0 Å². The molecule has 5 nitrogen and oxygen atoms in total. The van der Waals surface area contributed by atoms with Crippen LogP contribution in [0.2, 0.25) is 0 Å². The van der Waals surface area contributed by atoms with E-state index in [0.29, 0.717) is 6.66 Å². The van der Waals surface area contributed by atoms with Crippen LogP contribution < -0.4 is 0 Å². The molecular weight excluding hydrogens is 224 g/mol. The van der Waals surface area contributed by atoms with Gasteiger partial charge in [-0.3, -0.25) is 4.57 Å². The molecule has 1 atom stereocenters. The van der Waals surface area contributed by atoms with Crippen molar-refractivity contribution in [2.75, 3.05) is 6.66 Å². The van der Waals surface area contributed by atoms with E-state index in [2.05, 4.69) is 8.49 Å². The minimum Gasteiger partial charge on any atom is -0.259 e. The molecule has 0 N–H and O–H groups in total. The Balaban J connectivity index is 4.34. The minimum atomic E-state index is -5.18. The molecule has 0 saturated heterocycles. The summed E-state index contributed by atoms with van der Waals surface area (Å²) < 4.78 is 70.1. The number of hydrogen-bond acceptors (Lipinski definition) is 5. The van der Waals surface area contributed by atoms with Gasteiger partial charge in [-0.2, -0.15) is 3.97 Å². The molecule has 0 spiro atoms. The largest absolute Gasteiger partial charge is 0.529 e. The first-order chi connectivity index (χ1) is 5.12. The molecule has 1 unspecified atom stereocenters. The average molecular weight is 228 g/mol. The maximum atomic E-state index is 11.3. The van der Waals surface area contributed by atoms with Gasteiger partial charge >= 0.3 is 14.0 Å². The van der Waals surface area contributed by atoms with Crippen molar-refractivity contribution in [1.29, 1.82) is 0 Å². The maximum absolute atomic E-state index is 11.3. The number of thiol groups is 1. The third kappa shape index (κ3) is 6.59. The Morgan fingerprint density at radius 3 is 2.00 bits per heavy atom. The highest BCUT2D eigenvalue weighted by Crippen LogP contribution is 2.49. The molecule has 0 fully saturated rings. The molecule has 0 rings (SSSR count). The van der Waals surface area contributed by atoms with E-state index in [0.717, 1.165) is 0 Å². The Hall–Kier alpha value is -0.110. The van der Waals surface area contributed by atoms with Crippen LogP contribution in [0.15, 0.2) is 0 Å². The second-order valence-electron chi connectivity index (χ2n) is 1.61. The first-order valence-electron chi connectivity index (χ1n) is 2.31. The lowest BCUT2D eigenvalue weighted by molar-refractivity contribution is -0.276. The number of rotatable bonds is 3. The summed E-state index contributed by atoms with van der Waals surface area (Å²) in [6.07, 6.45) is -5.18. The Labute approximate surface area is 67.2 Å². The standard InChI is InChI=1S/C2H4F3O5PS/c1-11(6,10-12(7)8)9-2(3,4)5/h12H,1H3. The average Bonchev–Trinajstić information content (AvgIpc) is 1.48. The predicted octanol–water partition coefficient (Wildman–Crippen LogP) is 0.889. The molecule has 0 aliphatic heterocycles. The van der Waals surface area contributed by atoms with Gasteiger partial charge in [-0.25, -0.2) is 12.9 Å². The first kappa shape index (κ1) is 11.9. The molecule has 0 heterocycles. The fourth-order valence-corrected chi connectivity index (χ4v) is 1.80. The predicted molar refractivity (Wildman–Crippen MR) is 32.1 cm³/mol. The van der Waals surface area contributed by atoms with Gasteiger partial charge in [0, 0.05) is 6.66 Å². The fraction of sp³-hybridized carbons (Fsp3) is 1.00. The van der Waals surface area contributed by atoms with Crippen LogP contribution in [0.4, 0.5) is 13.2 Å². The van der Waals surface area contributed by atoms with Crippen LogP contribution in [0.25, 0.3) is 0 Å². The Morgan fingerprint density at radius 1 is 1.33 bits per heavy atom. The van der Waals surface area contributed by atoms with Gasteiger partial charge in [0.1, 0.15) is 0 Å².